The highest BCUT2D eigenvalue weighted by atomic mass is 16.6. The second kappa shape index (κ2) is 10.8. The summed E-state index contributed by atoms with van der Waals surface area (Å²) < 4.78 is 22.9. The van der Waals surface area contributed by atoms with Gasteiger partial charge in [-0.15, -0.1) is 0 Å². The van der Waals surface area contributed by atoms with Crippen molar-refractivity contribution in [3.05, 3.63) is 59.7 Å². The van der Waals surface area contributed by atoms with Gasteiger partial charge in [0.25, 0.3) is 0 Å². The molecule has 33 heavy (non-hydrogen) atoms. The number of rotatable bonds is 11. The second-order valence-corrected chi connectivity index (χ2v) is 8.05. The van der Waals surface area contributed by atoms with E-state index in [1.807, 2.05) is 57.2 Å². The first-order valence-electron chi connectivity index (χ1n) is 11.6. The molecule has 0 saturated carbocycles. The highest BCUT2D eigenvalue weighted by Crippen LogP contribution is 2.42. The van der Waals surface area contributed by atoms with Crippen LogP contribution in [0.25, 0.3) is 6.08 Å². The molecule has 0 spiro atoms. The van der Waals surface area contributed by atoms with Gasteiger partial charge in [0.2, 0.25) is 0 Å². The zero-order valence-corrected chi connectivity index (χ0v) is 19.5. The van der Waals surface area contributed by atoms with Crippen molar-refractivity contribution in [3.8, 4) is 11.5 Å². The Morgan fingerprint density at radius 1 is 1.12 bits per heavy atom. The maximum atomic E-state index is 12.0. The first kappa shape index (κ1) is 23.3. The number of para-hydroxylation sites is 1. The fraction of sp³-hybridized carbons (Fsp3) is 0.423. The van der Waals surface area contributed by atoms with Gasteiger partial charge in [-0.1, -0.05) is 18.2 Å². The Hall–Kier alpha value is -2.87. The number of hydrogen-bond donors (Lipinski definition) is 1. The van der Waals surface area contributed by atoms with Gasteiger partial charge < -0.3 is 29.2 Å². The summed E-state index contributed by atoms with van der Waals surface area (Å²) in [4.78, 5) is 14.2. The van der Waals surface area contributed by atoms with E-state index in [2.05, 4.69) is 28.4 Å². The Morgan fingerprint density at radius 3 is 2.70 bits per heavy atom. The Kier molecular flexibility index (Phi) is 7.65. The molecular formula is C26H32N2O5. The molecular weight excluding hydrogens is 420 g/mol. The average molecular weight is 453 g/mol. The van der Waals surface area contributed by atoms with Crippen molar-refractivity contribution in [1.82, 2.24) is 5.32 Å². The third-order valence-electron chi connectivity index (χ3n) is 5.71. The minimum Gasteiger partial charge on any atom is -0.465 e. The lowest BCUT2D eigenvalue weighted by Gasteiger charge is -2.24. The number of esters is 1. The number of carbonyl (C=O) groups excluding carboxylic acids is 1. The Balaban J connectivity index is 1.56. The topological polar surface area (TPSA) is 72.6 Å². The van der Waals surface area contributed by atoms with Crippen LogP contribution in [0.3, 0.4) is 0 Å². The fourth-order valence-electron chi connectivity index (χ4n) is 3.94. The lowest BCUT2D eigenvalue weighted by Crippen LogP contribution is -2.37. The summed E-state index contributed by atoms with van der Waals surface area (Å²) in [5, 5.41) is 3.27. The molecule has 176 valence electrons. The number of hydrogen-bond acceptors (Lipinski definition) is 7. The Bertz CT molecular complexity index is 978. The predicted molar refractivity (Wildman–Crippen MR) is 128 cm³/mol. The smallest absolute Gasteiger partial charge is 0.322 e. The van der Waals surface area contributed by atoms with Crippen molar-refractivity contribution in [2.24, 2.45) is 0 Å². The van der Waals surface area contributed by atoms with Crippen molar-refractivity contribution < 1.29 is 23.7 Å². The summed E-state index contributed by atoms with van der Waals surface area (Å²) >= 11 is 0. The summed E-state index contributed by atoms with van der Waals surface area (Å²) in [5.74, 6) is 1.31. The number of nitrogens with zero attached hydrogens (tertiary/aromatic N) is 1. The lowest BCUT2D eigenvalue weighted by atomic mass is 10.1. The van der Waals surface area contributed by atoms with Crippen LogP contribution in [0.15, 0.2) is 54.1 Å². The van der Waals surface area contributed by atoms with Gasteiger partial charge in [0.05, 0.1) is 13.2 Å². The minimum atomic E-state index is -0.388. The van der Waals surface area contributed by atoms with Gasteiger partial charge in [0.1, 0.15) is 23.6 Å². The monoisotopic (exact) mass is 452 g/mol. The molecule has 7 heteroatoms. The van der Waals surface area contributed by atoms with Crippen molar-refractivity contribution in [3.63, 3.8) is 0 Å². The SMILES string of the molecule is CCOCCN1c2cc(Oc3ccccc3)ccc2C=C(CN[C@@H](C)C(=O)OCC)C2OC21. The van der Waals surface area contributed by atoms with Gasteiger partial charge in [0.15, 0.2) is 6.23 Å². The van der Waals surface area contributed by atoms with Gasteiger partial charge in [-0.05, 0) is 62.2 Å². The van der Waals surface area contributed by atoms with E-state index in [4.69, 9.17) is 18.9 Å². The maximum Gasteiger partial charge on any atom is 0.322 e. The summed E-state index contributed by atoms with van der Waals surface area (Å²) in [6.45, 7) is 8.53. The largest absolute Gasteiger partial charge is 0.465 e. The Morgan fingerprint density at radius 2 is 1.94 bits per heavy atom. The number of anilines is 1. The molecule has 1 saturated heterocycles. The third-order valence-corrected chi connectivity index (χ3v) is 5.71. The molecule has 1 fully saturated rings. The molecule has 0 bridgehead atoms. The van der Waals surface area contributed by atoms with Crippen molar-refractivity contribution >= 4 is 17.7 Å². The summed E-state index contributed by atoms with van der Waals surface area (Å²) in [6, 6.07) is 15.5. The molecule has 2 aliphatic rings. The summed E-state index contributed by atoms with van der Waals surface area (Å²) in [7, 11) is 0. The number of epoxide rings is 1. The van der Waals surface area contributed by atoms with Gasteiger partial charge >= 0.3 is 5.97 Å². The summed E-state index contributed by atoms with van der Waals surface area (Å²) in [5.41, 5.74) is 3.24. The van der Waals surface area contributed by atoms with E-state index in [1.54, 1.807) is 0 Å². The molecule has 0 amide bonds. The molecule has 0 aromatic heterocycles. The lowest BCUT2D eigenvalue weighted by molar-refractivity contribution is -0.145. The predicted octanol–water partition coefficient (Wildman–Crippen LogP) is 3.98. The van der Waals surface area contributed by atoms with Crippen LogP contribution in [0.4, 0.5) is 5.69 Å². The first-order valence-corrected chi connectivity index (χ1v) is 11.6. The molecule has 1 N–H and O–H groups in total. The number of carbonyl (C=O) groups is 1. The normalized spacial score (nSPS) is 19.6. The van der Waals surface area contributed by atoms with Gasteiger partial charge in [-0.3, -0.25) is 4.79 Å². The van der Waals surface area contributed by atoms with Crippen molar-refractivity contribution in [1.29, 1.82) is 0 Å². The molecule has 7 nitrogen and oxygen atoms in total. The zero-order valence-electron chi connectivity index (χ0n) is 19.5. The van der Waals surface area contributed by atoms with Crippen molar-refractivity contribution in [2.75, 3.05) is 37.8 Å². The van der Waals surface area contributed by atoms with Crippen LogP contribution in [-0.2, 0) is 19.0 Å². The van der Waals surface area contributed by atoms with Crippen LogP contribution in [-0.4, -0.2) is 57.3 Å². The van der Waals surface area contributed by atoms with Crippen LogP contribution in [0, 0.1) is 0 Å². The molecule has 2 aliphatic heterocycles. The highest BCUT2D eigenvalue weighted by Gasteiger charge is 2.48. The van der Waals surface area contributed by atoms with E-state index in [9.17, 15) is 4.79 Å². The number of benzene rings is 2. The van der Waals surface area contributed by atoms with E-state index in [0.29, 0.717) is 32.9 Å². The standard InChI is InChI=1S/C26H32N2O5/c1-4-30-14-13-28-23-16-22(32-21-9-7-6-8-10-21)12-11-19(23)15-20(24-25(28)33-24)17-27-18(3)26(29)31-5-2/h6-12,15-16,18,24-25,27H,4-5,13-14,17H2,1-3H3/t18-,24?,25?/m0/s1. The van der Waals surface area contributed by atoms with E-state index in [0.717, 1.165) is 28.3 Å². The number of nitrogens with one attached hydrogen (secondary N) is 1. The highest BCUT2D eigenvalue weighted by molar-refractivity contribution is 5.76. The van der Waals surface area contributed by atoms with Crippen LogP contribution < -0.4 is 15.0 Å². The van der Waals surface area contributed by atoms with E-state index >= 15 is 0 Å². The van der Waals surface area contributed by atoms with E-state index in [-0.39, 0.29) is 24.3 Å². The van der Waals surface area contributed by atoms with E-state index in [1.165, 1.54) is 0 Å². The molecule has 4 rings (SSSR count). The average Bonchev–Trinajstić information content (AvgIpc) is 3.62. The number of ether oxygens (including phenoxy) is 4. The Labute approximate surface area is 195 Å². The van der Waals surface area contributed by atoms with Crippen molar-refractivity contribution in [2.45, 2.75) is 39.1 Å². The minimum absolute atomic E-state index is 0.0283. The van der Waals surface area contributed by atoms with Gasteiger partial charge in [-0.25, -0.2) is 0 Å². The van der Waals surface area contributed by atoms with Crippen LogP contribution in [0.2, 0.25) is 0 Å². The zero-order chi connectivity index (χ0) is 23.2. The van der Waals surface area contributed by atoms with E-state index < -0.39 is 0 Å². The molecule has 3 atom stereocenters. The summed E-state index contributed by atoms with van der Waals surface area (Å²) in [6.07, 6.45) is 2.06. The molecule has 0 aliphatic carbocycles. The quantitative estimate of drug-likeness (QED) is 0.314. The molecule has 2 heterocycles. The fourth-order valence-corrected chi connectivity index (χ4v) is 3.94. The first-order chi connectivity index (χ1) is 16.1. The molecule has 2 aromatic rings. The van der Waals surface area contributed by atoms with Crippen LogP contribution >= 0.6 is 0 Å². The van der Waals surface area contributed by atoms with Crippen LogP contribution in [0.1, 0.15) is 26.3 Å². The number of fused-ring (bicyclic) bond motifs is 2. The molecule has 0 radical (unpaired) electrons. The van der Waals surface area contributed by atoms with Gasteiger partial charge in [-0.2, -0.15) is 0 Å². The second-order valence-electron chi connectivity index (χ2n) is 8.05. The van der Waals surface area contributed by atoms with Crippen LogP contribution in [0.5, 0.6) is 11.5 Å². The third kappa shape index (κ3) is 5.74. The molecule has 2 unspecified atom stereocenters. The maximum absolute atomic E-state index is 12.0. The molecule has 2 aromatic carbocycles. The van der Waals surface area contributed by atoms with Gasteiger partial charge in [0, 0.05) is 31.5 Å².